The molecule has 2 aromatic rings. The molecule has 0 radical (unpaired) electrons. The van der Waals surface area contributed by atoms with Gasteiger partial charge in [-0.1, -0.05) is 12.1 Å². The molecule has 3 rings (SSSR count). The summed E-state index contributed by atoms with van der Waals surface area (Å²) in [6.07, 6.45) is 0. The summed E-state index contributed by atoms with van der Waals surface area (Å²) in [5, 5.41) is 2.78. The molecular formula is C20H22N2O5S. The SMILES string of the molecule is CCOc1ccccc1NC(=O)c1ccc(N2C(=O)C(C)(C)CS2(=O)=O)cc1. The van der Waals surface area contributed by atoms with Gasteiger partial charge in [0.1, 0.15) is 5.75 Å². The third kappa shape index (κ3) is 3.73. The molecule has 0 bridgehead atoms. The van der Waals surface area contributed by atoms with Crippen LogP contribution in [0, 0.1) is 5.41 Å². The van der Waals surface area contributed by atoms with Gasteiger partial charge in [-0.25, -0.2) is 12.7 Å². The predicted octanol–water partition coefficient (Wildman–Crippen LogP) is 3.04. The van der Waals surface area contributed by atoms with Gasteiger partial charge in [0.15, 0.2) is 0 Å². The van der Waals surface area contributed by atoms with Crippen LogP contribution in [0.3, 0.4) is 0 Å². The zero-order chi connectivity index (χ0) is 20.5. The summed E-state index contributed by atoms with van der Waals surface area (Å²) < 4.78 is 31.0. The van der Waals surface area contributed by atoms with Gasteiger partial charge in [-0.3, -0.25) is 9.59 Å². The molecule has 1 heterocycles. The Labute approximate surface area is 164 Å². The number of nitrogens with one attached hydrogen (secondary N) is 1. The maximum atomic E-state index is 12.5. The lowest BCUT2D eigenvalue weighted by molar-refractivity contribution is -0.123. The topological polar surface area (TPSA) is 92.8 Å². The smallest absolute Gasteiger partial charge is 0.255 e. The number of hydrogen-bond donors (Lipinski definition) is 1. The van der Waals surface area contributed by atoms with Crippen LogP contribution in [0.2, 0.25) is 0 Å². The first-order valence-electron chi connectivity index (χ1n) is 8.86. The Morgan fingerprint density at radius 2 is 1.79 bits per heavy atom. The first-order chi connectivity index (χ1) is 13.2. The minimum Gasteiger partial charge on any atom is -0.492 e. The minimum absolute atomic E-state index is 0.224. The maximum Gasteiger partial charge on any atom is 0.255 e. The summed E-state index contributed by atoms with van der Waals surface area (Å²) in [6.45, 7) is 5.53. The van der Waals surface area contributed by atoms with Crippen LogP contribution in [0.15, 0.2) is 48.5 Å². The van der Waals surface area contributed by atoms with Gasteiger partial charge in [-0.2, -0.15) is 0 Å². The highest BCUT2D eigenvalue weighted by Crippen LogP contribution is 2.35. The molecular weight excluding hydrogens is 380 g/mol. The first kappa shape index (κ1) is 19.9. The Bertz CT molecular complexity index is 1010. The van der Waals surface area contributed by atoms with Gasteiger partial charge in [0, 0.05) is 5.56 Å². The molecule has 2 aromatic carbocycles. The second-order valence-corrected chi connectivity index (χ2v) is 8.96. The van der Waals surface area contributed by atoms with Crippen LogP contribution in [0.25, 0.3) is 0 Å². The predicted molar refractivity (Wildman–Crippen MR) is 107 cm³/mol. The molecule has 1 aliphatic heterocycles. The van der Waals surface area contributed by atoms with E-state index in [4.69, 9.17) is 4.74 Å². The first-order valence-corrected chi connectivity index (χ1v) is 10.5. The lowest BCUT2D eigenvalue weighted by Crippen LogP contribution is -2.32. The highest BCUT2D eigenvalue weighted by Gasteiger charge is 2.49. The average Bonchev–Trinajstić information content (AvgIpc) is 2.79. The maximum absolute atomic E-state index is 12.5. The molecule has 1 fully saturated rings. The number of nitrogens with zero attached hydrogens (tertiary/aromatic N) is 1. The lowest BCUT2D eigenvalue weighted by Gasteiger charge is -2.17. The second kappa shape index (κ2) is 7.27. The van der Waals surface area contributed by atoms with Gasteiger partial charge in [0.25, 0.3) is 5.91 Å². The van der Waals surface area contributed by atoms with Gasteiger partial charge in [-0.15, -0.1) is 0 Å². The number of amides is 2. The van der Waals surface area contributed by atoms with Crippen LogP contribution in [0.1, 0.15) is 31.1 Å². The fourth-order valence-corrected chi connectivity index (χ4v) is 5.16. The van der Waals surface area contributed by atoms with Crippen LogP contribution < -0.4 is 14.4 Å². The Morgan fingerprint density at radius 3 is 2.36 bits per heavy atom. The molecule has 2 amide bonds. The molecule has 0 spiro atoms. The van der Waals surface area contributed by atoms with Crippen molar-refractivity contribution in [3.05, 3.63) is 54.1 Å². The number of carbonyl (C=O) groups excluding carboxylic acids is 2. The van der Waals surface area contributed by atoms with Crippen LogP contribution in [-0.2, 0) is 14.8 Å². The zero-order valence-electron chi connectivity index (χ0n) is 15.9. The van der Waals surface area contributed by atoms with E-state index in [1.165, 1.54) is 24.3 Å². The molecule has 28 heavy (non-hydrogen) atoms. The van der Waals surface area contributed by atoms with Crippen LogP contribution in [-0.4, -0.2) is 32.6 Å². The molecule has 1 saturated heterocycles. The Morgan fingerprint density at radius 1 is 1.14 bits per heavy atom. The van der Waals surface area contributed by atoms with E-state index in [1.807, 2.05) is 13.0 Å². The fraction of sp³-hybridized carbons (Fsp3) is 0.300. The number of benzene rings is 2. The standard InChI is InChI=1S/C20H22N2O5S/c1-4-27-17-8-6-5-7-16(17)21-18(23)14-9-11-15(12-10-14)22-19(24)20(2,3)13-28(22,25)26/h5-12H,4,13H2,1-3H3,(H,21,23). The Hall–Kier alpha value is -2.87. The van der Waals surface area contributed by atoms with E-state index in [-0.39, 0.29) is 17.3 Å². The third-order valence-corrected chi connectivity index (χ3v) is 6.40. The van der Waals surface area contributed by atoms with E-state index in [9.17, 15) is 18.0 Å². The van der Waals surface area contributed by atoms with Gasteiger partial charge in [-0.05, 0) is 57.2 Å². The summed E-state index contributed by atoms with van der Waals surface area (Å²) in [7, 11) is -3.72. The molecule has 1 N–H and O–H groups in total. The molecule has 8 heteroatoms. The zero-order valence-corrected chi connectivity index (χ0v) is 16.7. The van der Waals surface area contributed by atoms with Crippen LogP contribution in [0.4, 0.5) is 11.4 Å². The van der Waals surface area contributed by atoms with Crippen molar-refractivity contribution in [3.8, 4) is 5.75 Å². The number of sulfonamides is 1. The number of carbonyl (C=O) groups is 2. The fourth-order valence-electron chi connectivity index (χ4n) is 3.06. The van der Waals surface area contributed by atoms with E-state index >= 15 is 0 Å². The van der Waals surface area contributed by atoms with Crippen molar-refractivity contribution < 1.29 is 22.7 Å². The van der Waals surface area contributed by atoms with E-state index in [0.29, 0.717) is 23.6 Å². The molecule has 0 atom stereocenters. The number of rotatable bonds is 5. The molecule has 0 aromatic heterocycles. The molecule has 0 saturated carbocycles. The van der Waals surface area contributed by atoms with Crippen molar-refractivity contribution in [2.45, 2.75) is 20.8 Å². The lowest BCUT2D eigenvalue weighted by atomic mass is 9.95. The van der Waals surface area contributed by atoms with Crippen molar-refractivity contribution in [3.63, 3.8) is 0 Å². The quantitative estimate of drug-likeness (QED) is 0.830. The normalized spacial score (nSPS) is 17.4. The molecule has 148 valence electrons. The summed E-state index contributed by atoms with van der Waals surface area (Å²) in [5.74, 6) is -0.522. The number of hydrogen-bond acceptors (Lipinski definition) is 5. The second-order valence-electron chi connectivity index (χ2n) is 7.14. The monoisotopic (exact) mass is 402 g/mol. The van der Waals surface area contributed by atoms with Crippen molar-refractivity contribution >= 4 is 33.2 Å². The third-order valence-electron chi connectivity index (χ3n) is 4.38. The number of anilines is 2. The molecule has 7 nitrogen and oxygen atoms in total. The Balaban J connectivity index is 1.82. The molecule has 1 aliphatic rings. The van der Waals surface area contributed by atoms with Crippen molar-refractivity contribution in [1.29, 1.82) is 0 Å². The van der Waals surface area contributed by atoms with Crippen molar-refractivity contribution in [2.75, 3.05) is 22.0 Å². The van der Waals surface area contributed by atoms with Gasteiger partial charge in [0.05, 0.1) is 29.1 Å². The number of ether oxygens (including phenoxy) is 1. The summed E-state index contributed by atoms with van der Waals surface area (Å²) in [6, 6.07) is 13.0. The van der Waals surface area contributed by atoms with E-state index < -0.39 is 21.3 Å². The minimum atomic E-state index is -3.72. The van der Waals surface area contributed by atoms with Crippen LogP contribution in [0.5, 0.6) is 5.75 Å². The van der Waals surface area contributed by atoms with Gasteiger partial charge in [0.2, 0.25) is 15.9 Å². The highest BCUT2D eigenvalue weighted by atomic mass is 32.2. The summed E-state index contributed by atoms with van der Waals surface area (Å²) in [5.41, 5.74) is 0.121. The largest absolute Gasteiger partial charge is 0.492 e. The van der Waals surface area contributed by atoms with Gasteiger partial charge >= 0.3 is 0 Å². The summed E-state index contributed by atoms with van der Waals surface area (Å²) in [4.78, 5) is 25.0. The molecule has 0 aliphatic carbocycles. The summed E-state index contributed by atoms with van der Waals surface area (Å²) >= 11 is 0. The Kier molecular flexibility index (Phi) is 5.16. The molecule has 0 unspecified atom stereocenters. The van der Waals surface area contributed by atoms with E-state index in [2.05, 4.69) is 5.32 Å². The van der Waals surface area contributed by atoms with Crippen LogP contribution >= 0.6 is 0 Å². The van der Waals surface area contributed by atoms with Crippen molar-refractivity contribution in [2.24, 2.45) is 5.41 Å². The highest BCUT2D eigenvalue weighted by molar-refractivity contribution is 7.94. The van der Waals surface area contributed by atoms with Crippen molar-refractivity contribution in [1.82, 2.24) is 0 Å². The van der Waals surface area contributed by atoms with Gasteiger partial charge < -0.3 is 10.1 Å². The number of para-hydroxylation sites is 2. The van der Waals surface area contributed by atoms with E-state index in [1.54, 1.807) is 32.0 Å². The van der Waals surface area contributed by atoms with E-state index in [0.717, 1.165) is 4.31 Å². The average molecular weight is 402 g/mol.